The number of ether oxygens (including phenoxy) is 1. The molecule has 1 atom stereocenters. The summed E-state index contributed by atoms with van der Waals surface area (Å²) in [5, 5.41) is 13.1. The molecule has 5 heteroatoms. The molecule has 0 unspecified atom stereocenters. The summed E-state index contributed by atoms with van der Waals surface area (Å²) in [6.45, 7) is 0.474. The number of alkyl halides is 1. The Kier molecular flexibility index (Phi) is 8.25. The Morgan fingerprint density at radius 2 is 2.05 bits per heavy atom. The topological polar surface area (TPSA) is 58.6 Å². The van der Waals surface area contributed by atoms with E-state index in [1.54, 1.807) is 0 Å². The monoisotopic (exact) mass is 329 g/mol. The lowest BCUT2D eigenvalue weighted by molar-refractivity contribution is 0.122. The van der Waals surface area contributed by atoms with Crippen LogP contribution in [-0.4, -0.2) is 29.2 Å². The zero-order valence-corrected chi connectivity index (χ0v) is 12.4. The van der Waals surface area contributed by atoms with Crippen LogP contribution in [0.25, 0.3) is 0 Å². The summed E-state index contributed by atoms with van der Waals surface area (Å²) in [4.78, 5) is 11.4. The molecule has 2 N–H and O–H groups in total. The van der Waals surface area contributed by atoms with Gasteiger partial charge in [0.05, 0.1) is 6.10 Å². The van der Waals surface area contributed by atoms with Gasteiger partial charge in [-0.3, -0.25) is 0 Å². The van der Waals surface area contributed by atoms with Crippen molar-refractivity contribution in [1.29, 1.82) is 0 Å². The predicted octanol–water partition coefficient (Wildman–Crippen LogP) is 2.84. The largest absolute Gasteiger partial charge is 0.445 e. The van der Waals surface area contributed by atoms with Crippen LogP contribution in [0.5, 0.6) is 0 Å². The summed E-state index contributed by atoms with van der Waals surface area (Å²) < 4.78 is 5.04. The lowest BCUT2D eigenvalue weighted by Gasteiger charge is -2.11. The first kappa shape index (κ1) is 16.0. The molecule has 0 spiro atoms. The van der Waals surface area contributed by atoms with Gasteiger partial charge >= 0.3 is 6.09 Å². The van der Waals surface area contributed by atoms with Crippen molar-refractivity contribution < 1.29 is 14.6 Å². The Morgan fingerprint density at radius 1 is 1.32 bits per heavy atom. The first-order valence-corrected chi connectivity index (χ1v) is 7.53. The number of carbonyl (C=O) groups is 1. The van der Waals surface area contributed by atoms with Crippen LogP contribution in [0.3, 0.4) is 0 Å². The average molecular weight is 330 g/mol. The van der Waals surface area contributed by atoms with Crippen LogP contribution < -0.4 is 5.32 Å². The normalized spacial score (nSPS) is 11.9. The van der Waals surface area contributed by atoms with Crippen LogP contribution in [0.4, 0.5) is 4.79 Å². The van der Waals surface area contributed by atoms with E-state index in [0.29, 0.717) is 6.42 Å². The predicted molar refractivity (Wildman–Crippen MR) is 78.3 cm³/mol. The number of halogens is 1. The Balaban J connectivity index is 2.11. The van der Waals surface area contributed by atoms with E-state index in [0.717, 1.165) is 23.7 Å². The first-order chi connectivity index (χ1) is 9.22. The highest BCUT2D eigenvalue weighted by Gasteiger charge is 2.07. The van der Waals surface area contributed by atoms with E-state index in [4.69, 9.17) is 4.74 Å². The molecular weight excluding hydrogens is 310 g/mol. The third-order valence-electron chi connectivity index (χ3n) is 2.62. The lowest BCUT2D eigenvalue weighted by Crippen LogP contribution is -2.32. The summed E-state index contributed by atoms with van der Waals surface area (Å²) >= 11 is 3.33. The van der Waals surface area contributed by atoms with Crippen LogP contribution in [0.2, 0.25) is 0 Å². The van der Waals surface area contributed by atoms with E-state index in [1.807, 2.05) is 30.3 Å². The van der Waals surface area contributed by atoms with Crippen LogP contribution in [0, 0.1) is 0 Å². The number of benzene rings is 1. The van der Waals surface area contributed by atoms with E-state index in [9.17, 15) is 9.90 Å². The molecule has 0 fully saturated rings. The van der Waals surface area contributed by atoms with Gasteiger partial charge in [0.1, 0.15) is 6.61 Å². The third-order valence-corrected chi connectivity index (χ3v) is 3.18. The minimum atomic E-state index is -0.511. The van der Waals surface area contributed by atoms with Gasteiger partial charge in [-0.25, -0.2) is 4.79 Å². The molecule has 0 radical (unpaired) electrons. The molecule has 0 aliphatic heterocycles. The van der Waals surface area contributed by atoms with Gasteiger partial charge in [0.25, 0.3) is 0 Å². The van der Waals surface area contributed by atoms with Crippen molar-refractivity contribution in [3.63, 3.8) is 0 Å². The van der Waals surface area contributed by atoms with Crippen LogP contribution in [0.15, 0.2) is 30.3 Å². The van der Waals surface area contributed by atoms with Crippen molar-refractivity contribution in [1.82, 2.24) is 5.32 Å². The maximum absolute atomic E-state index is 11.4. The number of unbranched alkanes of at least 4 members (excludes halogenated alkanes) is 1. The number of carbonyl (C=O) groups excluding carboxylic acids is 1. The van der Waals surface area contributed by atoms with E-state index in [1.165, 1.54) is 0 Å². The number of hydrogen-bond acceptors (Lipinski definition) is 3. The fourth-order valence-electron chi connectivity index (χ4n) is 1.55. The highest BCUT2D eigenvalue weighted by atomic mass is 79.9. The maximum Gasteiger partial charge on any atom is 0.407 e. The van der Waals surface area contributed by atoms with Gasteiger partial charge in [-0.1, -0.05) is 46.3 Å². The summed E-state index contributed by atoms with van der Waals surface area (Å²) in [5.74, 6) is 0. The Bertz CT molecular complexity index is 359. The van der Waals surface area contributed by atoms with Crippen LogP contribution in [0.1, 0.15) is 24.8 Å². The molecule has 4 nitrogen and oxygen atoms in total. The van der Waals surface area contributed by atoms with Crippen LogP contribution >= 0.6 is 15.9 Å². The number of nitrogens with one attached hydrogen (secondary N) is 1. The Morgan fingerprint density at radius 3 is 2.74 bits per heavy atom. The van der Waals surface area contributed by atoms with Gasteiger partial charge in [-0.2, -0.15) is 0 Å². The molecule has 0 bridgehead atoms. The molecular formula is C14H20BrNO3. The van der Waals surface area contributed by atoms with Gasteiger partial charge in [0.2, 0.25) is 0 Å². The molecule has 0 aromatic heterocycles. The highest BCUT2D eigenvalue weighted by molar-refractivity contribution is 9.09. The van der Waals surface area contributed by atoms with Crippen molar-refractivity contribution >= 4 is 22.0 Å². The molecule has 1 aromatic carbocycles. The number of aliphatic hydroxyl groups is 1. The quantitative estimate of drug-likeness (QED) is 0.569. The fraction of sp³-hybridized carbons (Fsp3) is 0.500. The zero-order valence-electron chi connectivity index (χ0n) is 10.8. The Labute approximate surface area is 122 Å². The van der Waals surface area contributed by atoms with Gasteiger partial charge in [-0.15, -0.1) is 0 Å². The third kappa shape index (κ3) is 7.85. The molecule has 1 aromatic rings. The number of alkyl carbamates (subject to hydrolysis) is 1. The minimum Gasteiger partial charge on any atom is -0.445 e. The summed E-state index contributed by atoms with van der Waals surface area (Å²) in [6.07, 6.45) is 1.64. The van der Waals surface area contributed by atoms with Gasteiger partial charge in [-0.05, 0) is 24.8 Å². The molecule has 0 aliphatic carbocycles. The van der Waals surface area contributed by atoms with Crippen LogP contribution in [-0.2, 0) is 11.3 Å². The first-order valence-electron chi connectivity index (χ1n) is 6.41. The van der Waals surface area contributed by atoms with Gasteiger partial charge in [0, 0.05) is 11.9 Å². The van der Waals surface area contributed by atoms with E-state index < -0.39 is 12.2 Å². The van der Waals surface area contributed by atoms with Crippen molar-refractivity contribution in [2.24, 2.45) is 0 Å². The number of rotatable bonds is 8. The maximum atomic E-state index is 11.4. The molecule has 1 rings (SSSR count). The number of amides is 1. The number of aliphatic hydroxyl groups excluding tert-OH is 1. The summed E-state index contributed by atoms with van der Waals surface area (Å²) in [6, 6.07) is 9.48. The second-order valence-electron chi connectivity index (χ2n) is 4.28. The summed E-state index contributed by atoms with van der Waals surface area (Å²) in [5.41, 5.74) is 0.940. The SMILES string of the molecule is O=C(NC[C@H](O)CCCCBr)OCc1ccccc1. The second kappa shape index (κ2) is 9.81. The molecule has 0 saturated heterocycles. The highest BCUT2D eigenvalue weighted by Crippen LogP contribution is 2.03. The molecule has 106 valence electrons. The standard InChI is InChI=1S/C14H20BrNO3/c15-9-5-4-8-13(17)10-16-14(18)19-11-12-6-2-1-3-7-12/h1-3,6-7,13,17H,4-5,8-11H2,(H,16,18)/t13-/m1/s1. The van der Waals surface area contributed by atoms with Crippen molar-refractivity contribution in [2.75, 3.05) is 11.9 Å². The smallest absolute Gasteiger partial charge is 0.407 e. The van der Waals surface area contributed by atoms with Gasteiger partial charge in [0.15, 0.2) is 0 Å². The minimum absolute atomic E-state index is 0.232. The van der Waals surface area contributed by atoms with Crippen molar-refractivity contribution in [3.8, 4) is 0 Å². The second-order valence-corrected chi connectivity index (χ2v) is 5.07. The molecule has 0 heterocycles. The van der Waals surface area contributed by atoms with Gasteiger partial charge < -0.3 is 15.2 Å². The van der Waals surface area contributed by atoms with Crippen molar-refractivity contribution in [2.45, 2.75) is 32.0 Å². The molecule has 19 heavy (non-hydrogen) atoms. The molecule has 0 saturated carbocycles. The fourth-order valence-corrected chi connectivity index (χ4v) is 1.95. The zero-order chi connectivity index (χ0) is 13.9. The molecule has 0 aliphatic rings. The van der Waals surface area contributed by atoms with E-state index in [-0.39, 0.29) is 13.2 Å². The summed E-state index contributed by atoms with van der Waals surface area (Å²) in [7, 11) is 0. The van der Waals surface area contributed by atoms with E-state index in [2.05, 4.69) is 21.2 Å². The van der Waals surface area contributed by atoms with Crippen molar-refractivity contribution in [3.05, 3.63) is 35.9 Å². The van der Waals surface area contributed by atoms with E-state index >= 15 is 0 Å². The number of hydrogen-bond donors (Lipinski definition) is 2. The molecule has 1 amide bonds. The Hall–Kier alpha value is -1.07. The average Bonchev–Trinajstić information content (AvgIpc) is 2.44. The lowest BCUT2D eigenvalue weighted by atomic mass is 10.2.